The summed E-state index contributed by atoms with van der Waals surface area (Å²) in [5.41, 5.74) is 1.38. The first kappa shape index (κ1) is 15.2. The van der Waals surface area contributed by atoms with Gasteiger partial charge in [-0.1, -0.05) is 42.1 Å². The number of tetrazole rings is 1. The SMILES string of the molecule is C[C@H](Sc1nnnn1-c1ccc(O)cc1)C(=O)c1ccccc1. The molecule has 116 valence electrons. The highest BCUT2D eigenvalue weighted by Crippen LogP contribution is 2.25. The number of phenols is 1. The van der Waals surface area contributed by atoms with Crippen molar-refractivity contribution in [2.24, 2.45) is 0 Å². The van der Waals surface area contributed by atoms with Gasteiger partial charge in [0.2, 0.25) is 5.16 Å². The number of thioether (sulfide) groups is 1. The second kappa shape index (κ2) is 6.62. The second-order valence-electron chi connectivity index (χ2n) is 4.88. The molecule has 0 aliphatic rings. The molecule has 0 unspecified atom stereocenters. The Morgan fingerprint density at radius 1 is 1.13 bits per heavy atom. The van der Waals surface area contributed by atoms with Crippen LogP contribution in [0.5, 0.6) is 5.75 Å². The van der Waals surface area contributed by atoms with Crippen LogP contribution in [0.3, 0.4) is 0 Å². The van der Waals surface area contributed by atoms with Crippen LogP contribution in [0.15, 0.2) is 59.8 Å². The van der Waals surface area contributed by atoms with Gasteiger partial charge < -0.3 is 5.11 Å². The van der Waals surface area contributed by atoms with Crippen molar-refractivity contribution >= 4 is 17.5 Å². The molecule has 1 aromatic heterocycles. The molecule has 1 atom stereocenters. The van der Waals surface area contributed by atoms with Gasteiger partial charge in [0.15, 0.2) is 5.78 Å². The standard InChI is InChI=1S/C16H14N4O2S/c1-11(15(22)12-5-3-2-4-6-12)23-16-17-18-19-20(16)13-7-9-14(21)10-8-13/h2-11,21H,1H3/t11-/m0/s1. The van der Waals surface area contributed by atoms with E-state index in [2.05, 4.69) is 15.5 Å². The zero-order valence-corrected chi connectivity index (χ0v) is 13.1. The van der Waals surface area contributed by atoms with E-state index >= 15 is 0 Å². The molecule has 1 N–H and O–H groups in total. The zero-order chi connectivity index (χ0) is 16.2. The van der Waals surface area contributed by atoms with Gasteiger partial charge >= 0.3 is 0 Å². The number of hydrogen-bond acceptors (Lipinski definition) is 6. The van der Waals surface area contributed by atoms with Crippen LogP contribution >= 0.6 is 11.8 Å². The van der Waals surface area contributed by atoms with Gasteiger partial charge in [-0.3, -0.25) is 4.79 Å². The molecule has 23 heavy (non-hydrogen) atoms. The zero-order valence-electron chi connectivity index (χ0n) is 12.3. The van der Waals surface area contributed by atoms with Crippen molar-refractivity contribution in [1.82, 2.24) is 20.2 Å². The van der Waals surface area contributed by atoms with E-state index in [0.29, 0.717) is 10.7 Å². The molecule has 3 rings (SSSR count). The number of aromatic hydroxyl groups is 1. The number of rotatable bonds is 5. The topological polar surface area (TPSA) is 80.9 Å². The number of aromatic nitrogens is 4. The van der Waals surface area contributed by atoms with Gasteiger partial charge in [0.05, 0.1) is 10.9 Å². The van der Waals surface area contributed by atoms with Gasteiger partial charge in [-0.15, -0.1) is 5.10 Å². The normalized spacial score (nSPS) is 12.0. The fourth-order valence-corrected chi connectivity index (χ4v) is 2.94. The Hall–Kier alpha value is -2.67. The van der Waals surface area contributed by atoms with Crippen LogP contribution in [0.2, 0.25) is 0 Å². The Kier molecular flexibility index (Phi) is 4.38. The molecule has 0 bridgehead atoms. The number of phenolic OH excluding ortho intramolecular Hbond substituents is 1. The van der Waals surface area contributed by atoms with Crippen LogP contribution < -0.4 is 0 Å². The first-order valence-corrected chi connectivity index (χ1v) is 7.87. The minimum Gasteiger partial charge on any atom is -0.508 e. The van der Waals surface area contributed by atoms with Crippen molar-refractivity contribution in [3.8, 4) is 11.4 Å². The highest BCUT2D eigenvalue weighted by atomic mass is 32.2. The molecule has 0 aliphatic heterocycles. The first-order chi connectivity index (χ1) is 11.1. The van der Waals surface area contributed by atoms with Crippen LogP contribution in [0.4, 0.5) is 0 Å². The summed E-state index contributed by atoms with van der Waals surface area (Å²) < 4.78 is 1.54. The average Bonchev–Trinajstić information content (AvgIpc) is 3.03. The highest BCUT2D eigenvalue weighted by molar-refractivity contribution is 8.00. The summed E-state index contributed by atoms with van der Waals surface area (Å²) in [6, 6.07) is 15.7. The van der Waals surface area contributed by atoms with Crippen LogP contribution in [0, 0.1) is 0 Å². The van der Waals surface area contributed by atoms with Crippen LogP contribution in [0.1, 0.15) is 17.3 Å². The number of ketones is 1. The minimum atomic E-state index is -0.320. The lowest BCUT2D eigenvalue weighted by atomic mass is 10.1. The summed E-state index contributed by atoms with van der Waals surface area (Å²) in [7, 11) is 0. The minimum absolute atomic E-state index is 0.0239. The summed E-state index contributed by atoms with van der Waals surface area (Å²) >= 11 is 1.29. The van der Waals surface area contributed by atoms with Gasteiger partial charge in [0.1, 0.15) is 5.75 Å². The van der Waals surface area contributed by atoms with Crippen LogP contribution in [-0.2, 0) is 0 Å². The molecule has 7 heteroatoms. The highest BCUT2D eigenvalue weighted by Gasteiger charge is 2.20. The molecular weight excluding hydrogens is 312 g/mol. The predicted molar refractivity (Wildman–Crippen MR) is 86.9 cm³/mol. The van der Waals surface area contributed by atoms with Gasteiger partial charge in [0, 0.05) is 5.56 Å². The Morgan fingerprint density at radius 3 is 2.52 bits per heavy atom. The average molecular weight is 326 g/mol. The largest absolute Gasteiger partial charge is 0.508 e. The summed E-state index contributed by atoms with van der Waals surface area (Å²) in [6.45, 7) is 1.83. The first-order valence-electron chi connectivity index (χ1n) is 6.99. The third-order valence-electron chi connectivity index (χ3n) is 3.24. The lowest BCUT2D eigenvalue weighted by Crippen LogP contribution is -2.14. The van der Waals surface area contributed by atoms with Gasteiger partial charge in [0.25, 0.3) is 0 Å². The van der Waals surface area contributed by atoms with Crippen molar-refractivity contribution in [3.63, 3.8) is 0 Å². The molecule has 0 saturated heterocycles. The molecule has 0 fully saturated rings. The van der Waals surface area contributed by atoms with E-state index < -0.39 is 0 Å². The summed E-state index contributed by atoms with van der Waals surface area (Å²) in [4.78, 5) is 12.4. The monoisotopic (exact) mass is 326 g/mol. The lowest BCUT2D eigenvalue weighted by molar-refractivity contribution is 0.0994. The van der Waals surface area contributed by atoms with Crippen LogP contribution in [-0.4, -0.2) is 36.3 Å². The number of carbonyl (C=O) groups excluding carboxylic acids is 1. The lowest BCUT2D eigenvalue weighted by Gasteiger charge is -2.10. The third kappa shape index (κ3) is 3.40. The van der Waals surface area contributed by atoms with E-state index in [1.807, 2.05) is 25.1 Å². The van der Waals surface area contributed by atoms with E-state index in [0.717, 1.165) is 5.69 Å². The maximum Gasteiger partial charge on any atom is 0.214 e. The van der Waals surface area contributed by atoms with Crippen LogP contribution in [0.25, 0.3) is 5.69 Å². The fourth-order valence-electron chi connectivity index (χ4n) is 2.06. The van der Waals surface area contributed by atoms with Crippen molar-refractivity contribution in [1.29, 1.82) is 0 Å². The molecule has 0 spiro atoms. The predicted octanol–water partition coefficient (Wildman–Crippen LogP) is 2.73. The molecule has 0 saturated carbocycles. The Balaban J connectivity index is 1.80. The molecule has 2 aromatic carbocycles. The summed E-state index contributed by atoms with van der Waals surface area (Å²) in [5, 5.41) is 21.2. The number of nitrogens with zero attached hydrogens (tertiary/aromatic N) is 4. The van der Waals surface area contributed by atoms with Gasteiger partial charge in [-0.05, 0) is 41.6 Å². The van der Waals surface area contributed by atoms with E-state index in [4.69, 9.17) is 0 Å². The summed E-state index contributed by atoms with van der Waals surface area (Å²) in [6.07, 6.45) is 0. The molecular formula is C16H14N4O2S. The maximum atomic E-state index is 12.4. The number of benzene rings is 2. The van der Waals surface area contributed by atoms with Crippen molar-refractivity contribution < 1.29 is 9.90 Å². The second-order valence-corrected chi connectivity index (χ2v) is 6.19. The van der Waals surface area contributed by atoms with Crippen molar-refractivity contribution in [2.45, 2.75) is 17.3 Å². The Bertz CT molecular complexity index is 802. The van der Waals surface area contributed by atoms with Crippen molar-refractivity contribution in [3.05, 3.63) is 60.2 Å². The van der Waals surface area contributed by atoms with Crippen molar-refractivity contribution in [2.75, 3.05) is 0 Å². The summed E-state index contributed by atoms with van der Waals surface area (Å²) in [5.74, 6) is 0.194. The number of hydrogen-bond donors (Lipinski definition) is 1. The molecule has 0 radical (unpaired) electrons. The molecule has 6 nitrogen and oxygen atoms in total. The van der Waals surface area contributed by atoms with Gasteiger partial charge in [-0.25, -0.2) is 0 Å². The van der Waals surface area contributed by atoms with E-state index in [-0.39, 0.29) is 16.8 Å². The smallest absolute Gasteiger partial charge is 0.214 e. The molecule has 1 heterocycles. The van der Waals surface area contributed by atoms with E-state index in [1.165, 1.54) is 11.8 Å². The Morgan fingerprint density at radius 2 is 1.83 bits per heavy atom. The van der Waals surface area contributed by atoms with Gasteiger partial charge in [-0.2, -0.15) is 4.68 Å². The number of Topliss-reactive ketones (excluding diaryl/α,β-unsaturated/α-hetero) is 1. The fraction of sp³-hybridized carbons (Fsp3) is 0.125. The maximum absolute atomic E-state index is 12.4. The Labute approximate surface area is 137 Å². The molecule has 0 amide bonds. The van der Waals surface area contributed by atoms with E-state index in [9.17, 15) is 9.90 Å². The molecule has 0 aliphatic carbocycles. The van der Waals surface area contributed by atoms with E-state index in [1.54, 1.807) is 41.1 Å². The third-order valence-corrected chi connectivity index (χ3v) is 4.28. The molecule has 3 aromatic rings. The number of carbonyl (C=O) groups is 1. The quantitative estimate of drug-likeness (QED) is 0.573.